The zero-order valence-electron chi connectivity index (χ0n) is 11.7. The fraction of sp³-hybridized carbons (Fsp3) is 0.812. The molecule has 0 aromatic heterocycles. The van der Waals surface area contributed by atoms with Crippen LogP contribution in [0.3, 0.4) is 0 Å². The average Bonchev–Trinajstić information content (AvgIpc) is 2.70. The van der Waals surface area contributed by atoms with E-state index in [0.717, 1.165) is 25.7 Å². The summed E-state index contributed by atoms with van der Waals surface area (Å²) in [7, 11) is 0. The van der Waals surface area contributed by atoms with Crippen LogP contribution in [0.5, 0.6) is 0 Å². The zero-order valence-corrected chi connectivity index (χ0v) is 11.7. The van der Waals surface area contributed by atoms with Gasteiger partial charge in [-0.2, -0.15) is 0 Å². The van der Waals surface area contributed by atoms with Crippen molar-refractivity contribution in [3.63, 3.8) is 0 Å². The smallest absolute Gasteiger partial charge is 0.334 e. The van der Waals surface area contributed by atoms with Crippen LogP contribution in [-0.2, 0) is 9.53 Å². The molecule has 3 aliphatic carbocycles. The summed E-state index contributed by atoms with van der Waals surface area (Å²) in [6, 6.07) is 0. The fourth-order valence-corrected chi connectivity index (χ4v) is 5.62. The van der Waals surface area contributed by atoms with Gasteiger partial charge < -0.3 is 4.74 Å². The molecule has 0 aromatic rings. The first-order chi connectivity index (χ1) is 8.81. The van der Waals surface area contributed by atoms with Gasteiger partial charge >= 0.3 is 5.97 Å². The van der Waals surface area contributed by atoms with Crippen molar-refractivity contribution >= 4 is 5.97 Å². The molecule has 1 saturated heterocycles. The molecule has 104 valence electrons. The lowest BCUT2D eigenvalue weighted by molar-refractivity contribution is -0.145. The van der Waals surface area contributed by atoms with Crippen LogP contribution in [0, 0.1) is 22.7 Å². The van der Waals surface area contributed by atoms with E-state index in [0.29, 0.717) is 12.0 Å². The third kappa shape index (κ3) is 1.20. The summed E-state index contributed by atoms with van der Waals surface area (Å²) in [6.07, 6.45) is 4.42. The molecular formula is C16H21FO2. The number of ether oxygens (including phenoxy) is 1. The second-order valence-electron chi connectivity index (χ2n) is 7.69. The molecule has 0 N–H and O–H groups in total. The van der Waals surface area contributed by atoms with Crippen LogP contribution in [0.2, 0.25) is 0 Å². The molecule has 0 amide bonds. The maximum Gasteiger partial charge on any atom is 0.334 e. The summed E-state index contributed by atoms with van der Waals surface area (Å²) in [6.45, 7) is 7.90. The van der Waals surface area contributed by atoms with Crippen molar-refractivity contribution in [1.82, 2.24) is 0 Å². The van der Waals surface area contributed by atoms with Crippen LogP contribution >= 0.6 is 0 Å². The Hall–Kier alpha value is -0.860. The average molecular weight is 264 g/mol. The lowest BCUT2D eigenvalue weighted by atomic mass is 9.75. The summed E-state index contributed by atoms with van der Waals surface area (Å²) in [5.41, 5.74) is -0.275. The van der Waals surface area contributed by atoms with Gasteiger partial charge in [0.15, 0.2) is 0 Å². The molecule has 2 nitrogen and oxygen atoms in total. The lowest BCUT2D eigenvalue weighted by Gasteiger charge is -2.34. The summed E-state index contributed by atoms with van der Waals surface area (Å²) in [4.78, 5) is 11.8. The minimum Gasteiger partial charge on any atom is -0.458 e. The predicted molar refractivity (Wildman–Crippen MR) is 69.1 cm³/mol. The Morgan fingerprint density at radius 1 is 1.32 bits per heavy atom. The molecule has 19 heavy (non-hydrogen) atoms. The second-order valence-corrected chi connectivity index (χ2v) is 7.69. The first kappa shape index (κ1) is 11.9. The lowest BCUT2D eigenvalue weighted by Crippen LogP contribution is -2.41. The molecule has 1 spiro atoms. The van der Waals surface area contributed by atoms with E-state index in [4.69, 9.17) is 4.74 Å². The van der Waals surface area contributed by atoms with Crippen molar-refractivity contribution in [2.24, 2.45) is 22.7 Å². The number of rotatable bonds is 0. The molecule has 0 unspecified atom stereocenters. The van der Waals surface area contributed by atoms with Gasteiger partial charge in [-0.25, -0.2) is 9.18 Å². The Labute approximate surface area is 113 Å². The molecule has 1 heterocycles. The molecule has 3 saturated carbocycles. The molecule has 1 aliphatic heterocycles. The largest absolute Gasteiger partial charge is 0.458 e. The van der Waals surface area contributed by atoms with Crippen molar-refractivity contribution in [1.29, 1.82) is 0 Å². The van der Waals surface area contributed by atoms with Gasteiger partial charge in [0.25, 0.3) is 0 Å². The number of alkyl halides is 1. The number of carbonyl (C=O) groups excluding carboxylic acids is 1. The van der Waals surface area contributed by atoms with Crippen LogP contribution in [0.15, 0.2) is 12.2 Å². The van der Waals surface area contributed by atoms with Gasteiger partial charge in [0.2, 0.25) is 0 Å². The Balaban J connectivity index is 1.82. The van der Waals surface area contributed by atoms with Crippen LogP contribution in [0.1, 0.15) is 46.0 Å². The van der Waals surface area contributed by atoms with Crippen molar-refractivity contribution < 1.29 is 13.9 Å². The topological polar surface area (TPSA) is 26.3 Å². The Morgan fingerprint density at radius 2 is 2.05 bits per heavy atom. The van der Waals surface area contributed by atoms with E-state index in [1.165, 1.54) is 0 Å². The summed E-state index contributed by atoms with van der Waals surface area (Å²) in [5, 5.41) is 0. The Morgan fingerprint density at radius 3 is 2.79 bits per heavy atom. The SMILES string of the molecule is C=C1C(=O)O[C@@H]2[C@@H]3[C@]4(CC[C@@]3(C)F)C[C@]4(C)CC[C@@H]12. The monoisotopic (exact) mass is 264 g/mol. The van der Waals surface area contributed by atoms with Crippen LogP contribution in [-0.4, -0.2) is 17.7 Å². The fourth-order valence-electron chi connectivity index (χ4n) is 5.62. The van der Waals surface area contributed by atoms with Crippen molar-refractivity contribution in [2.75, 3.05) is 0 Å². The number of esters is 1. The van der Waals surface area contributed by atoms with E-state index in [1.54, 1.807) is 6.92 Å². The molecule has 4 fully saturated rings. The molecule has 4 aliphatic rings. The van der Waals surface area contributed by atoms with Gasteiger partial charge in [0, 0.05) is 17.4 Å². The maximum absolute atomic E-state index is 15.0. The maximum atomic E-state index is 15.0. The highest BCUT2D eigenvalue weighted by Crippen LogP contribution is 2.80. The minimum absolute atomic E-state index is 0.0483. The number of fused-ring (bicyclic) bond motifs is 2. The standard InChI is InChI=1S/C16H21FO2/c1-9-10-4-5-14(2)8-16(14)7-6-15(3,17)12(16)11(10)19-13(9)18/h10-12H,1,4-8H2,2-3H3/t10-,11-,12-,14-,15+,16-/m0/s1. The summed E-state index contributed by atoms with van der Waals surface area (Å²) < 4.78 is 20.6. The van der Waals surface area contributed by atoms with Crippen molar-refractivity contribution in [3.05, 3.63) is 12.2 Å². The van der Waals surface area contributed by atoms with E-state index in [1.807, 2.05) is 0 Å². The third-order valence-electron chi connectivity index (χ3n) is 6.77. The van der Waals surface area contributed by atoms with Crippen molar-refractivity contribution in [2.45, 2.75) is 57.7 Å². The Kier molecular flexibility index (Phi) is 1.93. The summed E-state index contributed by atoms with van der Waals surface area (Å²) >= 11 is 0. The van der Waals surface area contributed by atoms with Crippen molar-refractivity contribution in [3.8, 4) is 0 Å². The molecular weight excluding hydrogens is 243 g/mol. The van der Waals surface area contributed by atoms with E-state index in [2.05, 4.69) is 13.5 Å². The number of halogens is 1. The molecule has 3 heteroatoms. The first-order valence-electron chi connectivity index (χ1n) is 7.40. The Bertz CT molecular complexity index is 497. The first-order valence-corrected chi connectivity index (χ1v) is 7.40. The van der Waals surface area contributed by atoms with Gasteiger partial charge in [-0.1, -0.05) is 13.5 Å². The van der Waals surface area contributed by atoms with E-state index in [-0.39, 0.29) is 34.7 Å². The highest BCUT2D eigenvalue weighted by atomic mass is 19.1. The molecule has 6 atom stereocenters. The summed E-state index contributed by atoms with van der Waals surface area (Å²) in [5.74, 6) is -0.370. The van der Waals surface area contributed by atoms with Crippen LogP contribution < -0.4 is 0 Å². The van der Waals surface area contributed by atoms with Gasteiger partial charge in [0.1, 0.15) is 11.8 Å². The number of hydrogen-bond acceptors (Lipinski definition) is 2. The number of carbonyl (C=O) groups is 1. The zero-order chi connectivity index (χ0) is 13.6. The van der Waals surface area contributed by atoms with Crippen LogP contribution in [0.25, 0.3) is 0 Å². The molecule has 0 radical (unpaired) electrons. The van der Waals surface area contributed by atoms with Gasteiger partial charge in [-0.3, -0.25) is 0 Å². The van der Waals surface area contributed by atoms with Crippen LogP contribution in [0.4, 0.5) is 4.39 Å². The van der Waals surface area contributed by atoms with Gasteiger partial charge in [-0.15, -0.1) is 0 Å². The highest BCUT2D eigenvalue weighted by Gasteiger charge is 2.77. The van der Waals surface area contributed by atoms with E-state index >= 15 is 4.39 Å². The van der Waals surface area contributed by atoms with Gasteiger partial charge in [0.05, 0.1) is 0 Å². The quantitative estimate of drug-likeness (QED) is 0.495. The number of hydrogen-bond donors (Lipinski definition) is 0. The molecule has 0 aromatic carbocycles. The third-order valence-corrected chi connectivity index (χ3v) is 6.77. The molecule has 4 rings (SSSR count). The highest BCUT2D eigenvalue weighted by molar-refractivity contribution is 5.91. The predicted octanol–water partition coefficient (Wildman–Crippen LogP) is 3.41. The van der Waals surface area contributed by atoms with Gasteiger partial charge in [-0.05, 0) is 49.9 Å². The normalized spacial score (nSPS) is 59.0. The molecule has 0 bridgehead atoms. The van der Waals surface area contributed by atoms with E-state index < -0.39 is 5.67 Å². The van der Waals surface area contributed by atoms with E-state index in [9.17, 15) is 4.79 Å². The minimum atomic E-state index is -1.20. The second kappa shape index (κ2) is 3.07.